The van der Waals surface area contributed by atoms with Gasteiger partial charge in [0.1, 0.15) is 12.1 Å². The van der Waals surface area contributed by atoms with Gasteiger partial charge in [0, 0.05) is 80.1 Å². The van der Waals surface area contributed by atoms with Crippen molar-refractivity contribution in [2.75, 3.05) is 0 Å². The molecule has 0 aliphatic heterocycles. The molecule has 13 nitrogen and oxygen atoms in total. The molecule has 0 radical (unpaired) electrons. The van der Waals surface area contributed by atoms with E-state index in [1.165, 1.54) is 24.8 Å². The van der Waals surface area contributed by atoms with Crippen LogP contribution in [-0.2, 0) is 0 Å². The highest BCUT2D eigenvalue weighted by Gasteiger charge is 2.22. The summed E-state index contributed by atoms with van der Waals surface area (Å²) in [7, 11) is 0. The largest absolute Gasteiger partial charge is 0.308 e. The first-order valence-corrected chi connectivity index (χ1v) is 22.5. The van der Waals surface area contributed by atoms with E-state index in [2.05, 4.69) is 50.9 Å². The molecule has 12 rings (SSSR count). The Labute approximate surface area is 405 Å². The average Bonchev–Trinajstić information content (AvgIpc) is 3.78. The van der Waals surface area contributed by atoms with Crippen LogP contribution in [0, 0.1) is 22.7 Å². The van der Waals surface area contributed by atoms with Crippen LogP contribution in [0.25, 0.3) is 119 Å². The molecule has 0 bridgehead atoms. The van der Waals surface area contributed by atoms with Crippen LogP contribution in [0.3, 0.4) is 0 Å². The second-order valence-electron chi connectivity index (χ2n) is 16.4. The lowest BCUT2D eigenvalue weighted by Crippen LogP contribution is -2.03. The minimum atomic E-state index is 0.317. The normalized spacial score (nSPS) is 11.1. The van der Waals surface area contributed by atoms with Gasteiger partial charge in [-0.1, -0.05) is 146 Å². The van der Waals surface area contributed by atoms with Gasteiger partial charge in [-0.3, -0.25) is 0 Å². The Morgan fingerprint density at radius 3 is 1.00 bits per heavy atom. The number of hydrogen-bond acceptors (Lipinski definition) is 12. The van der Waals surface area contributed by atoms with Crippen molar-refractivity contribution in [3.63, 3.8) is 0 Å². The molecule has 7 aromatic carbocycles. The van der Waals surface area contributed by atoms with Crippen molar-refractivity contribution >= 4 is 21.8 Å². The highest BCUT2D eigenvalue weighted by molar-refractivity contribution is 6.11. The van der Waals surface area contributed by atoms with E-state index in [-0.39, 0.29) is 0 Å². The maximum Gasteiger partial charge on any atom is 0.164 e. The fourth-order valence-corrected chi connectivity index (χ4v) is 8.54. The van der Waals surface area contributed by atoms with Gasteiger partial charge in [0.15, 0.2) is 46.6 Å². The molecule has 13 heteroatoms. The number of benzene rings is 7. The first-order valence-electron chi connectivity index (χ1n) is 22.5. The highest BCUT2D eigenvalue weighted by atomic mass is 15.1. The Morgan fingerprint density at radius 1 is 0.310 bits per heavy atom. The molecule has 0 saturated carbocycles. The second-order valence-corrected chi connectivity index (χ2v) is 16.4. The summed E-state index contributed by atoms with van der Waals surface area (Å²) >= 11 is 0. The zero-order valence-corrected chi connectivity index (χ0v) is 37.4. The quantitative estimate of drug-likeness (QED) is 0.134. The molecule has 0 aliphatic carbocycles. The van der Waals surface area contributed by atoms with Crippen molar-refractivity contribution in [2.45, 2.75) is 0 Å². The number of nitriles is 2. The van der Waals surface area contributed by atoms with Crippen molar-refractivity contribution < 1.29 is 0 Å². The van der Waals surface area contributed by atoms with Crippen LogP contribution in [0.2, 0.25) is 0 Å². The maximum atomic E-state index is 9.74. The van der Waals surface area contributed by atoms with Crippen molar-refractivity contribution in [1.82, 2.24) is 54.4 Å². The summed E-state index contributed by atoms with van der Waals surface area (Å²) in [6.45, 7) is 0. The summed E-state index contributed by atoms with van der Waals surface area (Å²) in [5, 5.41) is 21.1. The summed E-state index contributed by atoms with van der Waals surface area (Å²) in [6, 6.07) is 62.1. The Kier molecular flexibility index (Phi) is 10.6. The summed E-state index contributed by atoms with van der Waals surface area (Å²) in [5.41, 5.74) is 9.30. The van der Waals surface area contributed by atoms with E-state index in [4.69, 9.17) is 39.9 Å². The maximum absolute atomic E-state index is 9.74. The molecule has 0 aliphatic rings. The van der Waals surface area contributed by atoms with Crippen LogP contribution in [0.15, 0.2) is 201 Å². The van der Waals surface area contributed by atoms with Gasteiger partial charge in [0.25, 0.3) is 0 Å². The van der Waals surface area contributed by atoms with E-state index in [1.807, 2.05) is 152 Å². The third-order valence-electron chi connectivity index (χ3n) is 12.0. The van der Waals surface area contributed by atoms with E-state index >= 15 is 0 Å². The number of hydrogen-bond donors (Lipinski definition) is 0. The predicted molar refractivity (Wildman–Crippen MR) is 272 cm³/mol. The SMILES string of the molecule is N#Cc1cnc(-c2ccc(-n3c4cc(-c5nc(-c6ccccc6)nc(-c6ccccc6)n5)ccc4c4ccc(-c5nc(-c6ccccc6)nc(-c6ccccc6)n5)cc43)c(-c3ncc(C#N)cn3)c2)nc1. The van der Waals surface area contributed by atoms with Crippen molar-refractivity contribution in [3.05, 3.63) is 212 Å². The third kappa shape index (κ3) is 8.03. The molecule has 0 fully saturated rings. The summed E-state index contributed by atoms with van der Waals surface area (Å²) in [4.78, 5) is 48.7. The number of nitrogens with zero attached hydrogens (tertiary/aromatic N) is 13. The average molecular weight is 912 g/mol. The Hall–Kier alpha value is -10.5. The molecular weight excluding hydrogens is 879 g/mol. The standard InChI is InChI=1S/C58H33N13/c59-30-36-32-61-51(62-33-36)42-23-26-48(47(27-42)58-63-34-37(31-60)35-64-58)71-49-28-43(56-67-52(38-13-5-1-6-14-38)65-53(68-56)39-15-7-2-8-16-39)21-24-45(49)46-25-22-44(29-50(46)71)57-69-54(40-17-9-3-10-18-40)66-55(70-57)41-19-11-4-12-20-41/h1-29,32-35H. The van der Waals surface area contributed by atoms with E-state index in [0.717, 1.165) is 60.9 Å². The van der Waals surface area contributed by atoms with Crippen LogP contribution in [0.5, 0.6) is 0 Å². The fourth-order valence-electron chi connectivity index (χ4n) is 8.54. The Morgan fingerprint density at radius 2 is 0.634 bits per heavy atom. The lowest BCUT2D eigenvalue weighted by atomic mass is 10.1. The zero-order valence-electron chi connectivity index (χ0n) is 37.4. The van der Waals surface area contributed by atoms with Gasteiger partial charge in [0.05, 0.1) is 27.8 Å². The summed E-state index contributed by atoms with van der Waals surface area (Å²) in [6.07, 6.45) is 5.99. The van der Waals surface area contributed by atoms with Gasteiger partial charge in [-0.05, 0) is 30.3 Å². The molecule has 0 amide bonds. The molecule has 71 heavy (non-hydrogen) atoms. The van der Waals surface area contributed by atoms with Gasteiger partial charge in [-0.15, -0.1) is 0 Å². The van der Waals surface area contributed by atoms with Crippen LogP contribution in [-0.4, -0.2) is 54.4 Å². The second kappa shape index (κ2) is 18.0. The van der Waals surface area contributed by atoms with Gasteiger partial charge in [-0.25, -0.2) is 49.8 Å². The predicted octanol–water partition coefficient (Wildman–Crippen LogP) is 11.8. The van der Waals surface area contributed by atoms with Crippen molar-refractivity contribution in [3.8, 4) is 109 Å². The smallest absolute Gasteiger partial charge is 0.164 e. The van der Waals surface area contributed by atoms with Gasteiger partial charge in [-0.2, -0.15) is 10.5 Å². The first kappa shape index (κ1) is 41.9. The Bertz CT molecular complexity index is 3740. The van der Waals surface area contributed by atoms with E-state index < -0.39 is 0 Å². The minimum Gasteiger partial charge on any atom is -0.308 e. The third-order valence-corrected chi connectivity index (χ3v) is 12.0. The molecule has 330 valence electrons. The molecule has 0 unspecified atom stereocenters. The molecule has 5 aromatic heterocycles. The van der Waals surface area contributed by atoms with Crippen LogP contribution >= 0.6 is 0 Å². The van der Waals surface area contributed by atoms with E-state index in [1.54, 1.807) is 0 Å². The molecule has 12 aromatic rings. The molecule has 0 spiro atoms. The number of aromatic nitrogens is 11. The highest BCUT2D eigenvalue weighted by Crippen LogP contribution is 2.40. The van der Waals surface area contributed by atoms with Crippen LogP contribution < -0.4 is 0 Å². The molecule has 0 saturated heterocycles. The van der Waals surface area contributed by atoms with Gasteiger partial charge >= 0.3 is 0 Å². The number of rotatable bonds is 9. The topological polar surface area (TPSA) is 181 Å². The zero-order chi connectivity index (χ0) is 47.7. The van der Waals surface area contributed by atoms with E-state index in [0.29, 0.717) is 68.8 Å². The first-order chi connectivity index (χ1) is 35.1. The van der Waals surface area contributed by atoms with Crippen molar-refractivity contribution in [2.24, 2.45) is 0 Å². The van der Waals surface area contributed by atoms with Gasteiger partial charge < -0.3 is 4.57 Å². The van der Waals surface area contributed by atoms with Crippen LogP contribution in [0.4, 0.5) is 0 Å². The molecule has 0 atom stereocenters. The Balaban J connectivity index is 1.13. The molecule has 5 heterocycles. The molecule has 0 N–H and O–H groups in total. The summed E-state index contributed by atoms with van der Waals surface area (Å²) in [5.74, 6) is 3.94. The number of fused-ring (bicyclic) bond motifs is 3. The lowest BCUT2D eigenvalue weighted by molar-refractivity contribution is 1.07. The van der Waals surface area contributed by atoms with Crippen molar-refractivity contribution in [1.29, 1.82) is 10.5 Å². The minimum absolute atomic E-state index is 0.317. The summed E-state index contributed by atoms with van der Waals surface area (Å²) < 4.78 is 2.17. The monoisotopic (exact) mass is 911 g/mol. The fraction of sp³-hybridized carbons (Fsp3) is 0. The van der Waals surface area contributed by atoms with E-state index in [9.17, 15) is 10.5 Å². The molecular formula is C58H33N13. The van der Waals surface area contributed by atoms with Crippen LogP contribution in [0.1, 0.15) is 11.1 Å². The lowest BCUT2D eigenvalue weighted by Gasteiger charge is -2.15. The van der Waals surface area contributed by atoms with Gasteiger partial charge in [0.2, 0.25) is 0 Å².